The van der Waals surface area contributed by atoms with Gasteiger partial charge in [-0.1, -0.05) is 28.4 Å². The molecule has 2 aromatic heterocycles. The van der Waals surface area contributed by atoms with Gasteiger partial charge < -0.3 is 14.6 Å². The largest absolute Gasteiger partial charge is 0.376 e. The van der Waals surface area contributed by atoms with Crippen molar-refractivity contribution in [3.63, 3.8) is 0 Å². The second-order valence-corrected chi connectivity index (χ2v) is 7.68. The first-order valence-electron chi connectivity index (χ1n) is 7.82. The van der Waals surface area contributed by atoms with E-state index in [4.69, 9.17) is 32.5 Å². The molecule has 6 nitrogen and oxygen atoms in total. The number of amides is 1. The van der Waals surface area contributed by atoms with E-state index in [9.17, 15) is 4.79 Å². The van der Waals surface area contributed by atoms with Crippen LogP contribution in [0.5, 0.6) is 0 Å². The molecule has 4 rings (SSSR count). The van der Waals surface area contributed by atoms with Crippen molar-refractivity contribution in [3.8, 4) is 11.5 Å². The van der Waals surface area contributed by atoms with Gasteiger partial charge in [0, 0.05) is 9.90 Å². The van der Waals surface area contributed by atoms with Crippen molar-refractivity contribution < 1.29 is 14.1 Å². The van der Waals surface area contributed by atoms with Crippen LogP contribution in [0.2, 0.25) is 10.0 Å². The van der Waals surface area contributed by atoms with E-state index in [1.807, 2.05) is 0 Å². The number of ether oxygens (including phenoxy) is 1. The Labute approximate surface area is 163 Å². The minimum atomic E-state index is -0.330. The molecule has 0 atom stereocenters. The van der Waals surface area contributed by atoms with Crippen LogP contribution in [-0.4, -0.2) is 22.7 Å². The van der Waals surface area contributed by atoms with Gasteiger partial charge in [-0.15, -0.1) is 11.3 Å². The highest BCUT2D eigenvalue weighted by Crippen LogP contribution is 2.42. The molecule has 1 N–H and O–H groups in total. The van der Waals surface area contributed by atoms with Crippen LogP contribution < -0.4 is 5.32 Å². The number of carbonyl (C=O) groups is 1. The van der Waals surface area contributed by atoms with Crippen LogP contribution in [0.4, 0.5) is 5.00 Å². The van der Waals surface area contributed by atoms with Gasteiger partial charge in [0.2, 0.25) is 0 Å². The number of hydrogen-bond acceptors (Lipinski definition) is 6. The van der Waals surface area contributed by atoms with Gasteiger partial charge in [-0.2, -0.15) is 4.98 Å². The van der Waals surface area contributed by atoms with Crippen LogP contribution in [0.25, 0.3) is 11.5 Å². The summed E-state index contributed by atoms with van der Waals surface area (Å²) in [6.07, 6.45) is 0.722. The molecule has 1 aromatic carbocycles. The van der Waals surface area contributed by atoms with Crippen molar-refractivity contribution in [2.45, 2.75) is 20.0 Å². The predicted octanol–water partition coefficient (Wildman–Crippen LogP) is 4.74. The molecular formula is C17H13Cl2N3O3S. The van der Waals surface area contributed by atoms with Crippen molar-refractivity contribution in [2.75, 3.05) is 11.9 Å². The summed E-state index contributed by atoms with van der Waals surface area (Å²) < 4.78 is 10.9. The molecule has 0 radical (unpaired) electrons. The summed E-state index contributed by atoms with van der Waals surface area (Å²) >= 11 is 13.5. The number of aromatic nitrogens is 2. The minimum absolute atomic E-state index is 0.287. The lowest BCUT2D eigenvalue weighted by molar-refractivity contribution is 0.102. The molecule has 26 heavy (non-hydrogen) atoms. The van der Waals surface area contributed by atoms with Crippen LogP contribution in [0.1, 0.15) is 26.6 Å². The van der Waals surface area contributed by atoms with Crippen LogP contribution in [0.15, 0.2) is 22.7 Å². The lowest BCUT2D eigenvalue weighted by atomic mass is 10.1. The normalized spacial score (nSPS) is 13.5. The quantitative estimate of drug-likeness (QED) is 0.675. The highest BCUT2D eigenvalue weighted by Gasteiger charge is 2.27. The van der Waals surface area contributed by atoms with Crippen LogP contribution in [0, 0.1) is 6.92 Å². The number of rotatable bonds is 3. The molecule has 0 fully saturated rings. The summed E-state index contributed by atoms with van der Waals surface area (Å²) in [5.74, 6) is 0.591. The Morgan fingerprint density at radius 2 is 2.19 bits per heavy atom. The summed E-state index contributed by atoms with van der Waals surface area (Å²) in [5, 5.41) is 8.18. The number of carbonyl (C=O) groups excluding carboxylic acids is 1. The zero-order valence-corrected chi connectivity index (χ0v) is 16.0. The van der Waals surface area contributed by atoms with Gasteiger partial charge in [0.1, 0.15) is 5.00 Å². The molecule has 1 amide bonds. The van der Waals surface area contributed by atoms with E-state index in [0.29, 0.717) is 40.5 Å². The molecule has 3 heterocycles. The van der Waals surface area contributed by atoms with E-state index in [1.165, 1.54) is 17.4 Å². The van der Waals surface area contributed by atoms with Crippen molar-refractivity contribution in [2.24, 2.45) is 0 Å². The number of hydrogen-bond donors (Lipinski definition) is 1. The maximum absolute atomic E-state index is 12.7. The highest BCUT2D eigenvalue weighted by molar-refractivity contribution is 7.17. The molecule has 9 heteroatoms. The standard InChI is InChI=1S/C17H13Cl2N3O3S/c1-8-20-16(25-22-8)14-11-4-5-24-7-13(11)26-17(14)21-15(23)10-3-2-9(18)6-12(10)19/h2-3,6H,4-5,7H2,1H3,(H,21,23). The second-order valence-electron chi connectivity index (χ2n) is 5.74. The number of benzene rings is 1. The maximum Gasteiger partial charge on any atom is 0.261 e. The minimum Gasteiger partial charge on any atom is -0.376 e. The zero-order valence-electron chi connectivity index (χ0n) is 13.6. The molecule has 0 bridgehead atoms. The Morgan fingerprint density at radius 1 is 1.35 bits per heavy atom. The van der Waals surface area contributed by atoms with Crippen LogP contribution in [0.3, 0.4) is 0 Å². The molecule has 0 spiro atoms. The Bertz CT molecular complexity index is 999. The number of nitrogens with one attached hydrogen (secondary N) is 1. The summed E-state index contributed by atoms with van der Waals surface area (Å²) in [6, 6.07) is 4.75. The number of anilines is 1. The Kier molecular flexibility index (Phi) is 4.71. The predicted molar refractivity (Wildman–Crippen MR) is 100 cm³/mol. The van der Waals surface area contributed by atoms with E-state index in [0.717, 1.165) is 22.4 Å². The maximum atomic E-state index is 12.7. The lowest BCUT2D eigenvalue weighted by Gasteiger charge is -2.12. The highest BCUT2D eigenvalue weighted by atomic mass is 35.5. The molecule has 0 saturated heterocycles. The molecule has 134 valence electrons. The third-order valence-electron chi connectivity index (χ3n) is 3.96. The van der Waals surface area contributed by atoms with Gasteiger partial charge in [0.25, 0.3) is 11.8 Å². The van der Waals surface area contributed by atoms with Gasteiger partial charge in [-0.25, -0.2) is 0 Å². The molecule has 1 aliphatic heterocycles. The fourth-order valence-electron chi connectivity index (χ4n) is 2.79. The first kappa shape index (κ1) is 17.5. The fourth-order valence-corrected chi connectivity index (χ4v) is 4.46. The number of halogens is 2. The molecule has 0 unspecified atom stereocenters. The summed E-state index contributed by atoms with van der Waals surface area (Å²) in [7, 11) is 0. The Balaban J connectivity index is 1.74. The summed E-state index contributed by atoms with van der Waals surface area (Å²) in [4.78, 5) is 18.1. The third kappa shape index (κ3) is 3.23. The molecular weight excluding hydrogens is 397 g/mol. The topological polar surface area (TPSA) is 77.2 Å². The van der Waals surface area contributed by atoms with Crippen molar-refractivity contribution in [1.82, 2.24) is 10.1 Å². The van der Waals surface area contributed by atoms with Gasteiger partial charge in [0.15, 0.2) is 5.82 Å². The number of fused-ring (bicyclic) bond motifs is 1. The first-order valence-corrected chi connectivity index (χ1v) is 9.39. The van der Waals surface area contributed by atoms with E-state index in [1.54, 1.807) is 19.1 Å². The Hall–Kier alpha value is -1.93. The average molecular weight is 410 g/mol. The third-order valence-corrected chi connectivity index (χ3v) is 5.63. The lowest BCUT2D eigenvalue weighted by Crippen LogP contribution is -2.12. The summed E-state index contributed by atoms with van der Waals surface area (Å²) in [6.45, 7) is 2.86. The smallest absolute Gasteiger partial charge is 0.261 e. The molecule has 1 aliphatic rings. The Morgan fingerprint density at radius 3 is 2.92 bits per heavy atom. The zero-order chi connectivity index (χ0) is 18.3. The average Bonchev–Trinajstić information content (AvgIpc) is 3.17. The van der Waals surface area contributed by atoms with Crippen LogP contribution >= 0.6 is 34.5 Å². The van der Waals surface area contributed by atoms with E-state index >= 15 is 0 Å². The van der Waals surface area contributed by atoms with Crippen molar-refractivity contribution in [3.05, 3.63) is 50.1 Å². The second kappa shape index (κ2) is 7.00. The number of thiophene rings is 1. The monoisotopic (exact) mass is 409 g/mol. The van der Waals surface area contributed by atoms with Crippen molar-refractivity contribution in [1.29, 1.82) is 0 Å². The van der Waals surface area contributed by atoms with Gasteiger partial charge >= 0.3 is 0 Å². The van der Waals surface area contributed by atoms with Crippen LogP contribution in [-0.2, 0) is 17.8 Å². The first-order chi connectivity index (χ1) is 12.5. The number of aryl methyl sites for hydroxylation is 1. The van der Waals surface area contributed by atoms with Crippen molar-refractivity contribution >= 4 is 45.4 Å². The van der Waals surface area contributed by atoms with Gasteiger partial charge in [0.05, 0.1) is 29.4 Å². The molecule has 0 saturated carbocycles. The molecule has 3 aromatic rings. The summed E-state index contributed by atoms with van der Waals surface area (Å²) in [5.41, 5.74) is 2.17. The SMILES string of the molecule is Cc1noc(-c2c(NC(=O)c3ccc(Cl)cc3Cl)sc3c2CCOC3)n1. The van der Waals surface area contributed by atoms with Gasteiger partial charge in [-0.05, 0) is 37.1 Å². The van der Waals surface area contributed by atoms with E-state index in [2.05, 4.69) is 15.5 Å². The van der Waals surface area contributed by atoms with Gasteiger partial charge in [-0.3, -0.25) is 4.79 Å². The number of nitrogens with zero attached hydrogens (tertiary/aromatic N) is 2. The fraction of sp³-hybridized carbons (Fsp3) is 0.235. The molecule has 0 aliphatic carbocycles. The van der Waals surface area contributed by atoms with E-state index < -0.39 is 0 Å². The van der Waals surface area contributed by atoms with E-state index in [-0.39, 0.29) is 10.9 Å².